The second kappa shape index (κ2) is 5.83. The molecule has 1 atom stereocenters. The number of nitrogens with two attached hydrogens (primary N) is 1. The lowest BCUT2D eigenvalue weighted by molar-refractivity contribution is 0.373. The van der Waals surface area contributed by atoms with Gasteiger partial charge >= 0.3 is 0 Å². The van der Waals surface area contributed by atoms with E-state index < -0.39 is 0 Å². The fraction of sp³-hybridized carbons (Fsp3) is 0.571. The SMILES string of the molecule is NC(c1c(F)cccc1Cl)C1CCCCCC1. The Labute approximate surface area is 107 Å². The maximum atomic E-state index is 13.8. The van der Waals surface area contributed by atoms with Crippen molar-refractivity contribution < 1.29 is 4.39 Å². The van der Waals surface area contributed by atoms with E-state index in [0.29, 0.717) is 16.5 Å². The Morgan fingerprint density at radius 2 is 1.82 bits per heavy atom. The molecule has 1 fully saturated rings. The highest BCUT2D eigenvalue weighted by Gasteiger charge is 2.24. The summed E-state index contributed by atoms with van der Waals surface area (Å²) in [5, 5.41) is 0.460. The van der Waals surface area contributed by atoms with Crippen LogP contribution in [0.3, 0.4) is 0 Å². The summed E-state index contributed by atoms with van der Waals surface area (Å²) < 4.78 is 13.8. The van der Waals surface area contributed by atoms with Crippen LogP contribution in [0.25, 0.3) is 0 Å². The molecule has 0 aromatic heterocycles. The van der Waals surface area contributed by atoms with Crippen molar-refractivity contribution in [3.05, 3.63) is 34.6 Å². The van der Waals surface area contributed by atoms with Gasteiger partial charge in [-0.15, -0.1) is 0 Å². The molecule has 0 bridgehead atoms. The van der Waals surface area contributed by atoms with Gasteiger partial charge in [0.1, 0.15) is 5.82 Å². The Bertz CT molecular complexity index is 352. The maximum absolute atomic E-state index is 13.8. The van der Waals surface area contributed by atoms with Gasteiger partial charge in [0.15, 0.2) is 0 Å². The van der Waals surface area contributed by atoms with E-state index in [4.69, 9.17) is 17.3 Å². The molecule has 1 aliphatic carbocycles. The third kappa shape index (κ3) is 2.99. The van der Waals surface area contributed by atoms with E-state index in [1.165, 1.54) is 31.7 Å². The van der Waals surface area contributed by atoms with Crippen molar-refractivity contribution in [1.29, 1.82) is 0 Å². The first-order valence-corrected chi connectivity index (χ1v) is 6.77. The molecule has 0 spiro atoms. The standard InChI is InChI=1S/C14H19ClFN/c15-11-8-5-9-12(16)13(11)14(17)10-6-3-1-2-4-7-10/h5,8-10,14H,1-4,6-7,17H2. The van der Waals surface area contributed by atoms with E-state index in [-0.39, 0.29) is 11.9 Å². The Kier molecular flexibility index (Phi) is 4.41. The van der Waals surface area contributed by atoms with E-state index in [0.717, 1.165) is 12.8 Å². The minimum atomic E-state index is -0.269. The predicted octanol–water partition coefficient (Wildman–Crippen LogP) is 4.45. The molecule has 2 N–H and O–H groups in total. The molecule has 1 aromatic carbocycles. The Morgan fingerprint density at radius 3 is 2.41 bits per heavy atom. The summed E-state index contributed by atoms with van der Waals surface area (Å²) >= 11 is 6.06. The van der Waals surface area contributed by atoms with Crippen molar-refractivity contribution in [2.75, 3.05) is 0 Å². The Hall–Kier alpha value is -0.600. The van der Waals surface area contributed by atoms with Gasteiger partial charge in [-0.25, -0.2) is 4.39 Å². The monoisotopic (exact) mass is 255 g/mol. The van der Waals surface area contributed by atoms with Gasteiger partial charge in [0.25, 0.3) is 0 Å². The third-order valence-corrected chi connectivity index (χ3v) is 4.07. The molecule has 0 radical (unpaired) electrons. The molecule has 0 heterocycles. The van der Waals surface area contributed by atoms with Gasteiger partial charge < -0.3 is 5.73 Å². The van der Waals surface area contributed by atoms with Crippen LogP contribution in [0.5, 0.6) is 0 Å². The zero-order valence-electron chi connectivity index (χ0n) is 9.96. The Morgan fingerprint density at radius 1 is 1.18 bits per heavy atom. The van der Waals surface area contributed by atoms with E-state index >= 15 is 0 Å². The van der Waals surface area contributed by atoms with Crippen molar-refractivity contribution >= 4 is 11.6 Å². The number of hydrogen-bond donors (Lipinski definition) is 1. The minimum Gasteiger partial charge on any atom is -0.324 e. The first kappa shape index (κ1) is 12.8. The van der Waals surface area contributed by atoms with Crippen LogP contribution in [0.15, 0.2) is 18.2 Å². The lowest BCUT2D eigenvalue weighted by atomic mass is 9.87. The van der Waals surface area contributed by atoms with E-state index in [9.17, 15) is 4.39 Å². The van der Waals surface area contributed by atoms with Gasteiger partial charge in [-0.05, 0) is 30.9 Å². The molecular formula is C14H19ClFN. The topological polar surface area (TPSA) is 26.0 Å². The van der Waals surface area contributed by atoms with E-state index in [1.54, 1.807) is 12.1 Å². The molecule has 1 nitrogen and oxygen atoms in total. The molecule has 0 saturated heterocycles. The highest BCUT2D eigenvalue weighted by Crippen LogP contribution is 2.35. The summed E-state index contributed by atoms with van der Waals surface area (Å²) in [6, 6.07) is 4.52. The molecule has 2 rings (SSSR count). The first-order chi connectivity index (χ1) is 8.20. The summed E-state index contributed by atoms with van der Waals surface area (Å²) in [5.41, 5.74) is 6.72. The molecule has 1 unspecified atom stereocenters. The summed E-state index contributed by atoms with van der Waals surface area (Å²) in [6.45, 7) is 0. The van der Waals surface area contributed by atoms with E-state index in [2.05, 4.69) is 0 Å². The fourth-order valence-electron chi connectivity index (χ4n) is 2.73. The highest BCUT2D eigenvalue weighted by molar-refractivity contribution is 6.31. The maximum Gasteiger partial charge on any atom is 0.129 e. The van der Waals surface area contributed by atoms with Gasteiger partial charge in [-0.3, -0.25) is 0 Å². The van der Waals surface area contributed by atoms with Crippen LogP contribution in [-0.4, -0.2) is 0 Å². The number of halogens is 2. The van der Waals surface area contributed by atoms with Crippen LogP contribution in [0.1, 0.15) is 50.1 Å². The van der Waals surface area contributed by atoms with Crippen LogP contribution >= 0.6 is 11.6 Å². The largest absolute Gasteiger partial charge is 0.324 e. The molecule has 1 aliphatic rings. The summed E-state index contributed by atoms with van der Waals surface area (Å²) in [7, 11) is 0. The number of hydrogen-bond acceptors (Lipinski definition) is 1. The molecule has 3 heteroatoms. The average Bonchev–Trinajstić information content (AvgIpc) is 2.57. The second-order valence-corrected chi connectivity index (χ2v) is 5.32. The molecular weight excluding hydrogens is 237 g/mol. The van der Waals surface area contributed by atoms with E-state index in [1.807, 2.05) is 0 Å². The smallest absolute Gasteiger partial charge is 0.129 e. The fourth-order valence-corrected chi connectivity index (χ4v) is 3.02. The quantitative estimate of drug-likeness (QED) is 0.777. The number of rotatable bonds is 2. The first-order valence-electron chi connectivity index (χ1n) is 6.39. The van der Waals surface area contributed by atoms with Crippen LogP contribution in [0.2, 0.25) is 5.02 Å². The highest BCUT2D eigenvalue weighted by atomic mass is 35.5. The molecule has 0 aliphatic heterocycles. The summed E-state index contributed by atoms with van der Waals surface area (Å²) in [4.78, 5) is 0. The van der Waals surface area contributed by atoms with Crippen molar-refractivity contribution in [3.63, 3.8) is 0 Å². The lowest BCUT2D eigenvalue weighted by Gasteiger charge is -2.24. The lowest BCUT2D eigenvalue weighted by Crippen LogP contribution is -2.22. The normalized spacial score (nSPS) is 19.9. The van der Waals surface area contributed by atoms with Gasteiger partial charge in [-0.1, -0.05) is 43.4 Å². The number of benzene rings is 1. The summed E-state index contributed by atoms with van der Waals surface area (Å²) in [6.07, 6.45) is 7.12. The van der Waals surface area contributed by atoms with Crippen LogP contribution in [-0.2, 0) is 0 Å². The third-order valence-electron chi connectivity index (χ3n) is 3.74. The van der Waals surface area contributed by atoms with Crippen LogP contribution in [0.4, 0.5) is 4.39 Å². The molecule has 1 aromatic rings. The van der Waals surface area contributed by atoms with Gasteiger partial charge in [0.05, 0.1) is 0 Å². The molecule has 17 heavy (non-hydrogen) atoms. The van der Waals surface area contributed by atoms with Crippen molar-refractivity contribution in [2.45, 2.75) is 44.6 Å². The van der Waals surface area contributed by atoms with Gasteiger partial charge in [0.2, 0.25) is 0 Å². The molecule has 1 saturated carbocycles. The molecule has 0 amide bonds. The zero-order chi connectivity index (χ0) is 12.3. The molecule has 94 valence electrons. The zero-order valence-corrected chi connectivity index (χ0v) is 10.7. The van der Waals surface area contributed by atoms with Crippen molar-refractivity contribution in [2.24, 2.45) is 11.7 Å². The minimum absolute atomic E-state index is 0.262. The Balaban J connectivity index is 2.20. The van der Waals surface area contributed by atoms with Crippen LogP contribution < -0.4 is 5.73 Å². The van der Waals surface area contributed by atoms with Crippen molar-refractivity contribution in [1.82, 2.24) is 0 Å². The predicted molar refractivity (Wildman–Crippen MR) is 69.5 cm³/mol. The average molecular weight is 256 g/mol. The van der Waals surface area contributed by atoms with Gasteiger partial charge in [0, 0.05) is 16.6 Å². The second-order valence-electron chi connectivity index (χ2n) is 4.91. The summed E-state index contributed by atoms with van der Waals surface area (Å²) in [5.74, 6) is 0.0983. The van der Waals surface area contributed by atoms with Gasteiger partial charge in [-0.2, -0.15) is 0 Å². The van der Waals surface area contributed by atoms with Crippen molar-refractivity contribution in [3.8, 4) is 0 Å². The van der Waals surface area contributed by atoms with Crippen LogP contribution in [0, 0.1) is 11.7 Å².